The Labute approximate surface area is 105 Å². The lowest BCUT2D eigenvalue weighted by atomic mass is 9.84. The predicted molar refractivity (Wildman–Crippen MR) is 63.7 cm³/mol. The van der Waals surface area contributed by atoms with Gasteiger partial charge in [-0.15, -0.1) is 0 Å². The van der Waals surface area contributed by atoms with Gasteiger partial charge in [-0.05, 0) is 12.8 Å². The molecule has 0 radical (unpaired) electrons. The molecule has 1 aliphatic rings. The van der Waals surface area contributed by atoms with Crippen molar-refractivity contribution in [3.63, 3.8) is 0 Å². The average Bonchev–Trinajstić information content (AvgIpc) is 2.28. The van der Waals surface area contributed by atoms with Gasteiger partial charge in [0.15, 0.2) is 0 Å². The molecule has 2 atom stereocenters. The van der Waals surface area contributed by atoms with Crippen molar-refractivity contribution in [3.8, 4) is 0 Å². The van der Waals surface area contributed by atoms with E-state index >= 15 is 0 Å². The van der Waals surface area contributed by atoms with Crippen LogP contribution in [-0.2, 0) is 9.59 Å². The summed E-state index contributed by atoms with van der Waals surface area (Å²) >= 11 is 0. The van der Waals surface area contributed by atoms with E-state index < -0.39 is 23.8 Å². The summed E-state index contributed by atoms with van der Waals surface area (Å²) < 4.78 is 0. The number of carbonyl (C=O) groups excluding carboxylic acids is 2. The first-order valence-corrected chi connectivity index (χ1v) is 6.06. The summed E-state index contributed by atoms with van der Waals surface area (Å²) in [7, 11) is 0. The van der Waals surface area contributed by atoms with Gasteiger partial charge in [0.25, 0.3) is 0 Å². The van der Waals surface area contributed by atoms with Crippen molar-refractivity contribution in [1.29, 1.82) is 0 Å². The summed E-state index contributed by atoms with van der Waals surface area (Å²) in [5.74, 6) is -1.89. The number of aliphatic carboxylic acids is 1. The number of carboxylic acid groups (broad SMARTS) is 1. The highest BCUT2D eigenvalue weighted by Gasteiger charge is 2.31. The summed E-state index contributed by atoms with van der Waals surface area (Å²) in [5, 5.41) is 14.2. The second kappa shape index (κ2) is 6.83. The van der Waals surface area contributed by atoms with Gasteiger partial charge in [0.05, 0.1) is 5.92 Å². The van der Waals surface area contributed by atoms with Crippen molar-refractivity contribution >= 4 is 17.9 Å². The molecule has 0 bridgehead atoms. The molecule has 1 fully saturated rings. The molecule has 0 aromatic rings. The number of carboxylic acids is 1. The summed E-state index contributed by atoms with van der Waals surface area (Å²) in [6.07, 6.45) is 3.11. The molecule has 0 aliphatic heterocycles. The van der Waals surface area contributed by atoms with Crippen LogP contribution in [-0.4, -0.2) is 35.6 Å². The Bertz CT molecular complexity index is 332. The van der Waals surface area contributed by atoms with E-state index in [1.807, 2.05) is 0 Å². The molecule has 0 heterocycles. The normalized spacial score (nSPS) is 23.1. The van der Waals surface area contributed by atoms with E-state index in [1.165, 1.54) is 0 Å². The number of primary amides is 1. The zero-order valence-electron chi connectivity index (χ0n) is 10.1. The Kier molecular flexibility index (Phi) is 5.41. The molecular formula is C11H19N3O4. The molecule has 0 saturated heterocycles. The zero-order valence-corrected chi connectivity index (χ0v) is 10.1. The Hall–Kier alpha value is -1.79. The first-order valence-electron chi connectivity index (χ1n) is 6.06. The average molecular weight is 257 g/mol. The highest BCUT2D eigenvalue weighted by atomic mass is 16.4. The largest absolute Gasteiger partial charge is 0.481 e. The number of hydrogen-bond donors (Lipinski definition) is 4. The van der Waals surface area contributed by atoms with Crippen LogP contribution >= 0.6 is 0 Å². The quantitative estimate of drug-likeness (QED) is 0.545. The number of amides is 3. The molecule has 1 rings (SSSR count). The second-order valence-corrected chi connectivity index (χ2v) is 4.45. The fraction of sp³-hybridized carbons (Fsp3) is 0.727. The summed E-state index contributed by atoms with van der Waals surface area (Å²) in [5.41, 5.74) is 4.94. The third-order valence-electron chi connectivity index (χ3n) is 3.06. The van der Waals surface area contributed by atoms with Crippen LogP contribution < -0.4 is 16.4 Å². The van der Waals surface area contributed by atoms with Crippen molar-refractivity contribution in [2.45, 2.75) is 38.1 Å². The number of urea groups is 1. The topological polar surface area (TPSA) is 122 Å². The molecule has 1 saturated carbocycles. The van der Waals surface area contributed by atoms with Gasteiger partial charge in [0.2, 0.25) is 5.91 Å². The van der Waals surface area contributed by atoms with Crippen molar-refractivity contribution in [2.24, 2.45) is 11.7 Å². The van der Waals surface area contributed by atoms with Crippen LogP contribution in [0.2, 0.25) is 0 Å². The summed E-state index contributed by atoms with van der Waals surface area (Å²) in [4.78, 5) is 33.0. The maximum atomic E-state index is 11.5. The molecule has 7 heteroatoms. The molecule has 0 spiro atoms. The van der Waals surface area contributed by atoms with Crippen LogP contribution in [0, 0.1) is 5.92 Å². The van der Waals surface area contributed by atoms with Crippen molar-refractivity contribution in [2.75, 3.05) is 6.54 Å². The lowest BCUT2D eigenvalue weighted by Gasteiger charge is -2.29. The number of rotatable bonds is 5. The van der Waals surface area contributed by atoms with Crippen LogP contribution in [0.25, 0.3) is 0 Å². The molecule has 1 aliphatic carbocycles. The highest BCUT2D eigenvalue weighted by Crippen LogP contribution is 2.24. The van der Waals surface area contributed by atoms with Gasteiger partial charge in [0.1, 0.15) is 0 Å². The molecule has 3 amide bonds. The number of nitrogens with one attached hydrogen (secondary N) is 2. The van der Waals surface area contributed by atoms with Gasteiger partial charge in [0, 0.05) is 19.0 Å². The van der Waals surface area contributed by atoms with Crippen LogP contribution in [0.1, 0.15) is 32.1 Å². The van der Waals surface area contributed by atoms with E-state index in [9.17, 15) is 14.4 Å². The third-order valence-corrected chi connectivity index (χ3v) is 3.06. The van der Waals surface area contributed by atoms with E-state index in [0.717, 1.165) is 12.8 Å². The minimum atomic E-state index is -0.878. The first kappa shape index (κ1) is 14.3. The molecule has 0 aromatic carbocycles. The summed E-state index contributed by atoms with van der Waals surface area (Å²) in [6, 6.07) is -0.792. The summed E-state index contributed by atoms with van der Waals surface area (Å²) in [6.45, 7) is 0.158. The number of hydrogen-bond acceptors (Lipinski definition) is 3. The Balaban J connectivity index is 2.36. The van der Waals surface area contributed by atoms with Crippen LogP contribution in [0.5, 0.6) is 0 Å². The molecule has 18 heavy (non-hydrogen) atoms. The molecular weight excluding hydrogens is 238 g/mol. The van der Waals surface area contributed by atoms with Crippen molar-refractivity contribution in [1.82, 2.24) is 10.6 Å². The fourth-order valence-electron chi connectivity index (χ4n) is 2.12. The monoisotopic (exact) mass is 257 g/mol. The second-order valence-electron chi connectivity index (χ2n) is 4.45. The Morgan fingerprint density at radius 1 is 1.22 bits per heavy atom. The van der Waals surface area contributed by atoms with E-state index in [2.05, 4.69) is 10.6 Å². The minimum Gasteiger partial charge on any atom is -0.481 e. The standard InChI is InChI=1S/C11H19N3O4/c12-9(15)5-6-13-11(18)14-8-4-2-1-3-7(8)10(16)17/h7-8H,1-6H2,(H2,12,15)(H,16,17)(H2,13,14,18). The number of nitrogens with two attached hydrogens (primary N) is 1. The van der Waals surface area contributed by atoms with Gasteiger partial charge in [-0.3, -0.25) is 9.59 Å². The Morgan fingerprint density at radius 2 is 1.89 bits per heavy atom. The predicted octanol–water partition coefficient (Wildman–Crippen LogP) is -0.196. The number of carbonyl (C=O) groups is 3. The molecule has 7 nitrogen and oxygen atoms in total. The van der Waals surface area contributed by atoms with Crippen LogP contribution in [0.15, 0.2) is 0 Å². The molecule has 102 valence electrons. The van der Waals surface area contributed by atoms with Crippen LogP contribution in [0.4, 0.5) is 4.79 Å². The minimum absolute atomic E-state index is 0.0699. The van der Waals surface area contributed by atoms with Gasteiger partial charge < -0.3 is 21.5 Å². The lowest BCUT2D eigenvalue weighted by Crippen LogP contribution is -2.49. The highest BCUT2D eigenvalue weighted by molar-refractivity contribution is 5.78. The smallest absolute Gasteiger partial charge is 0.315 e. The molecule has 5 N–H and O–H groups in total. The van der Waals surface area contributed by atoms with Crippen LogP contribution in [0.3, 0.4) is 0 Å². The van der Waals surface area contributed by atoms with Gasteiger partial charge in [-0.2, -0.15) is 0 Å². The Morgan fingerprint density at radius 3 is 2.50 bits per heavy atom. The van der Waals surface area contributed by atoms with Gasteiger partial charge in [-0.25, -0.2) is 4.79 Å². The maximum absolute atomic E-state index is 11.5. The van der Waals surface area contributed by atoms with E-state index in [4.69, 9.17) is 10.8 Å². The van der Waals surface area contributed by atoms with Gasteiger partial charge >= 0.3 is 12.0 Å². The fourth-order valence-corrected chi connectivity index (χ4v) is 2.12. The molecule has 0 aromatic heterocycles. The first-order chi connectivity index (χ1) is 8.50. The molecule has 2 unspecified atom stereocenters. The van der Waals surface area contributed by atoms with E-state index in [1.54, 1.807) is 0 Å². The van der Waals surface area contributed by atoms with E-state index in [-0.39, 0.29) is 19.0 Å². The maximum Gasteiger partial charge on any atom is 0.315 e. The zero-order chi connectivity index (χ0) is 13.5. The van der Waals surface area contributed by atoms with Gasteiger partial charge in [-0.1, -0.05) is 12.8 Å². The van der Waals surface area contributed by atoms with Crippen molar-refractivity contribution in [3.05, 3.63) is 0 Å². The van der Waals surface area contributed by atoms with Crippen molar-refractivity contribution < 1.29 is 19.5 Å². The lowest BCUT2D eigenvalue weighted by molar-refractivity contribution is -0.143. The van der Waals surface area contributed by atoms with E-state index in [0.29, 0.717) is 12.8 Å². The SMILES string of the molecule is NC(=O)CCNC(=O)NC1CCCCC1C(=O)O. The third kappa shape index (κ3) is 4.60.